The molecule has 4 nitrogen and oxygen atoms in total. The number of ether oxygens (including phenoxy) is 1. The van der Waals surface area contributed by atoms with E-state index in [2.05, 4.69) is 10.6 Å². The maximum atomic E-state index is 12.2. The lowest BCUT2D eigenvalue weighted by molar-refractivity contribution is 0.0977. The van der Waals surface area contributed by atoms with E-state index in [1.54, 1.807) is 30.3 Å². The van der Waals surface area contributed by atoms with Gasteiger partial charge in [0.15, 0.2) is 5.11 Å². The zero-order valence-corrected chi connectivity index (χ0v) is 14.6. The molecule has 0 aliphatic heterocycles. The first-order valence-electron chi connectivity index (χ1n) is 6.80. The number of benzene rings is 2. The van der Waals surface area contributed by atoms with Crippen LogP contribution in [-0.4, -0.2) is 17.6 Å². The van der Waals surface area contributed by atoms with Gasteiger partial charge in [0.2, 0.25) is 0 Å². The molecule has 0 aliphatic rings. The van der Waals surface area contributed by atoms with E-state index in [1.807, 2.05) is 13.0 Å². The molecule has 2 N–H and O–H groups in total. The van der Waals surface area contributed by atoms with Crippen LogP contribution in [0.25, 0.3) is 0 Å². The summed E-state index contributed by atoms with van der Waals surface area (Å²) in [5, 5.41) is 6.46. The average Bonchev–Trinajstić information content (AvgIpc) is 2.51. The van der Waals surface area contributed by atoms with Gasteiger partial charge in [-0.25, -0.2) is 0 Å². The third-order valence-corrected chi connectivity index (χ3v) is 3.67. The molecule has 1 amide bonds. The summed E-state index contributed by atoms with van der Waals surface area (Å²) in [5.74, 6) is 0.155. The Morgan fingerprint density at radius 3 is 2.57 bits per heavy atom. The van der Waals surface area contributed by atoms with Crippen LogP contribution in [0, 0.1) is 0 Å². The Bertz CT molecular complexity index is 738. The Morgan fingerprint density at radius 1 is 1.17 bits per heavy atom. The summed E-state index contributed by atoms with van der Waals surface area (Å²) in [5.41, 5.74) is 0.992. The second kappa shape index (κ2) is 8.15. The number of carbonyl (C=O) groups excluding carboxylic acids is 1. The monoisotopic (exact) mass is 368 g/mol. The zero-order valence-electron chi connectivity index (χ0n) is 12.2. The number of anilines is 1. The van der Waals surface area contributed by atoms with Crippen LogP contribution < -0.4 is 15.4 Å². The molecule has 0 unspecified atom stereocenters. The maximum absolute atomic E-state index is 12.2. The number of nitrogens with one attached hydrogen (secondary N) is 2. The van der Waals surface area contributed by atoms with Crippen LogP contribution in [0.2, 0.25) is 10.0 Å². The quantitative estimate of drug-likeness (QED) is 0.779. The van der Waals surface area contributed by atoms with Crippen molar-refractivity contribution >= 4 is 52.1 Å². The fraction of sp³-hybridized carbons (Fsp3) is 0.125. The van der Waals surface area contributed by atoms with E-state index in [0.29, 0.717) is 33.7 Å². The molecule has 0 saturated carbocycles. The molecule has 0 heterocycles. The first kappa shape index (κ1) is 17.5. The molecular formula is C16H14Cl2N2O2S. The first-order chi connectivity index (χ1) is 11.0. The number of thiocarbonyl (C=S) groups is 1. The standard InChI is InChI=1S/C16H14Cl2N2O2S/c1-2-22-14-8-7-10(9-12(14)18)15(21)20-16(23)19-13-6-4-3-5-11(13)17/h3-9H,2H2,1H3,(H2,19,20,21,23). The van der Waals surface area contributed by atoms with Gasteiger partial charge in [-0.05, 0) is 49.5 Å². The second-order valence-electron chi connectivity index (χ2n) is 4.47. The Kier molecular flexibility index (Phi) is 6.21. The van der Waals surface area contributed by atoms with Crippen molar-refractivity contribution in [1.29, 1.82) is 0 Å². The van der Waals surface area contributed by atoms with E-state index in [1.165, 1.54) is 6.07 Å². The number of para-hydroxylation sites is 1. The second-order valence-corrected chi connectivity index (χ2v) is 5.69. The van der Waals surface area contributed by atoms with Crippen molar-refractivity contribution in [2.24, 2.45) is 0 Å². The topological polar surface area (TPSA) is 50.4 Å². The van der Waals surface area contributed by atoms with Gasteiger partial charge in [0.1, 0.15) is 5.75 Å². The number of halogens is 2. The van der Waals surface area contributed by atoms with Gasteiger partial charge in [0, 0.05) is 5.56 Å². The molecule has 23 heavy (non-hydrogen) atoms. The number of hydrogen-bond donors (Lipinski definition) is 2. The van der Waals surface area contributed by atoms with E-state index in [-0.39, 0.29) is 11.0 Å². The molecule has 0 aromatic heterocycles. The van der Waals surface area contributed by atoms with Crippen LogP contribution in [0.4, 0.5) is 5.69 Å². The van der Waals surface area contributed by atoms with Crippen molar-refractivity contribution < 1.29 is 9.53 Å². The van der Waals surface area contributed by atoms with Gasteiger partial charge >= 0.3 is 0 Å². The minimum absolute atomic E-state index is 0.146. The molecule has 0 radical (unpaired) electrons. The summed E-state index contributed by atoms with van der Waals surface area (Å²) in [7, 11) is 0. The van der Waals surface area contributed by atoms with Crippen molar-refractivity contribution in [3.8, 4) is 5.75 Å². The molecule has 0 aliphatic carbocycles. The van der Waals surface area contributed by atoms with Gasteiger partial charge in [-0.15, -0.1) is 0 Å². The van der Waals surface area contributed by atoms with E-state index in [9.17, 15) is 4.79 Å². The lowest BCUT2D eigenvalue weighted by atomic mass is 10.2. The highest BCUT2D eigenvalue weighted by molar-refractivity contribution is 7.80. The van der Waals surface area contributed by atoms with Crippen molar-refractivity contribution in [1.82, 2.24) is 5.32 Å². The Balaban J connectivity index is 2.02. The molecule has 2 aromatic carbocycles. The van der Waals surface area contributed by atoms with Crippen molar-refractivity contribution in [2.75, 3.05) is 11.9 Å². The molecule has 0 fully saturated rings. The third kappa shape index (κ3) is 4.82. The minimum Gasteiger partial charge on any atom is -0.492 e. The average molecular weight is 369 g/mol. The van der Waals surface area contributed by atoms with Crippen LogP contribution in [0.1, 0.15) is 17.3 Å². The van der Waals surface area contributed by atoms with E-state index in [4.69, 9.17) is 40.2 Å². The molecular weight excluding hydrogens is 355 g/mol. The Morgan fingerprint density at radius 2 is 1.91 bits per heavy atom. The normalized spacial score (nSPS) is 10.0. The smallest absolute Gasteiger partial charge is 0.257 e. The van der Waals surface area contributed by atoms with E-state index < -0.39 is 0 Å². The number of hydrogen-bond acceptors (Lipinski definition) is 3. The number of amides is 1. The van der Waals surface area contributed by atoms with Gasteiger partial charge in [-0.1, -0.05) is 35.3 Å². The number of carbonyl (C=O) groups is 1. The predicted octanol–water partition coefficient (Wildman–Crippen LogP) is 4.52. The summed E-state index contributed by atoms with van der Waals surface area (Å²) in [6.45, 7) is 2.35. The molecule has 2 rings (SSSR count). The molecule has 0 bridgehead atoms. The van der Waals surface area contributed by atoms with Crippen LogP contribution in [0.5, 0.6) is 5.75 Å². The predicted molar refractivity (Wildman–Crippen MR) is 97.8 cm³/mol. The molecule has 0 atom stereocenters. The van der Waals surface area contributed by atoms with Crippen molar-refractivity contribution in [3.63, 3.8) is 0 Å². The highest BCUT2D eigenvalue weighted by atomic mass is 35.5. The zero-order chi connectivity index (χ0) is 16.8. The SMILES string of the molecule is CCOc1ccc(C(=O)NC(=S)Nc2ccccc2Cl)cc1Cl. The lowest BCUT2D eigenvalue weighted by Gasteiger charge is -2.11. The molecule has 120 valence electrons. The van der Waals surface area contributed by atoms with Crippen molar-refractivity contribution in [3.05, 3.63) is 58.1 Å². The van der Waals surface area contributed by atoms with Crippen LogP contribution in [-0.2, 0) is 0 Å². The molecule has 0 saturated heterocycles. The first-order valence-corrected chi connectivity index (χ1v) is 7.97. The minimum atomic E-state index is -0.375. The largest absolute Gasteiger partial charge is 0.492 e. The number of rotatable bonds is 4. The Labute approximate surface area is 149 Å². The van der Waals surface area contributed by atoms with Gasteiger partial charge in [0.25, 0.3) is 5.91 Å². The summed E-state index contributed by atoms with van der Waals surface area (Å²) in [6, 6.07) is 11.9. The third-order valence-electron chi connectivity index (χ3n) is 2.84. The lowest BCUT2D eigenvalue weighted by Crippen LogP contribution is -2.34. The fourth-order valence-corrected chi connectivity index (χ4v) is 2.43. The van der Waals surface area contributed by atoms with Gasteiger partial charge in [-0.2, -0.15) is 0 Å². The summed E-state index contributed by atoms with van der Waals surface area (Å²) >= 11 is 17.2. The van der Waals surface area contributed by atoms with Crippen molar-refractivity contribution in [2.45, 2.75) is 6.92 Å². The summed E-state index contributed by atoms with van der Waals surface area (Å²) in [4.78, 5) is 12.2. The van der Waals surface area contributed by atoms with Crippen LogP contribution in [0.3, 0.4) is 0 Å². The Hall–Kier alpha value is -1.82. The molecule has 7 heteroatoms. The van der Waals surface area contributed by atoms with Gasteiger partial charge in [-0.3, -0.25) is 10.1 Å². The summed E-state index contributed by atoms with van der Waals surface area (Å²) < 4.78 is 5.33. The van der Waals surface area contributed by atoms with E-state index in [0.717, 1.165) is 0 Å². The van der Waals surface area contributed by atoms with Gasteiger partial charge in [0.05, 0.1) is 22.3 Å². The fourth-order valence-electron chi connectivity index (χ4n) is 1.81. The van der Waals surface area contributed by atoms with E-state index >= 15 is 0 Å². The highest BCUT2D eigenvalue weighted by Crippen LogP contribution is 2.25. The molecule has 2 aromatic rings. The highest BCUT2D eigenvalue weighted by Gasteiger charge is 2.11. The van der Waals surface area contributed by atoms with Crippen LogP contribution >= 0.6 is 35.4 Å². The summed E-state index contributed by atoms with van der Waals surface area (Å²) in [6.07, 6.45) is 0. The van der Waals surface area contributed by atoms with Gasteiger partial charge < -0.3 is 10.1 Å². The maximum Gasteiger partial charge on any atom is 0.257 e. The molecule has 0 spiro atoms. The van der Waals surface area contributed by atoms with Crippen LogP contribution in [0.15, 0.2) is 42.5 Å².